The number of nitrogens with zero attached hydrogens (tertiary/aromatic N) is 3. The van der Waals surface area contributed by atoms with Crippen LogP contribution in [0.15, 0.2) is 53.9 Å². The molecular weight excluding hydrogens is 522 g/mol. The van der Waals surface area contributed by atoms with Gasteiger partial charge in [-0.25, -0.2) is 0 Å². The van der Waals surface area contributed by atoms with Crippen LogP contribution in [0.1, 0.15) is 71.6 Å². The average Bonchev–Trinajstić information content (AvgIpc) is 3.61. The molecule has 1 unspecified atom stereocenters. The molecule has 1 fully saturated rings. The number of amides is 2. The SMILES string of the molecule is CC(C)(C)c1ccc(C2c3ccsc3CCN2C(=O)CN(C(=O)c2ccc(Cl)c([N+](=O)[O-])c2)C2CC2)cc1. The molecule has 9 heteroatoms. The Labute approximate surface area is 231 Å². The third kappa shape index (κ3) is 5.20. The van der Waals surface area contributed by atoms with Gasteiger partial charge >= 0.3 is 0 Å². The molecule has 1 aliphatic heterocycles. The molecule has 5 rings (SSSR count). The van der Waals surface area contributed by atoms with Crippen LogP contribution in [-0.2, 0) is 16.6 Å². The lowest BCUT2D eigenvalue weighted by Gasteiger charge is -2.38. The zero-order valence-electron chi connectivity index (χ0n) is 21.6. The number of carbonyl (C=O) groups excluding carboxylic acids is 2. The van der Waals surface area contributed by atoms with E-state index in [4.69, 9.17) is 11.6 Å². The fourth-order valence-corrected chi connectivity index (χ4v) is 6.14. The van der Waals surface area contributed by atoms with Crippen LogP contribution in [-0.4, -0.2) is 45.7 Å². The normalized spacial score (nSPS) is 17.2. The summed E-state index contributed by atoms with van der Waals surface area (Å²) in [6, 6.07) is 14.3. The number of fused-ring (bicyclic) bond motifs is 1. The Bertz CT molecular complexity index is 1390. The average molecular weight is 552 g/mol. The molecule has 1 aliphatic carbocycles. The first-order valence-corrected chi connectivity index (χ1v) is 14.0. The van der Waals surface area contributed by atoms with Gasteiger partial charge < -0.3 is 9.80 Å². The highest BCUT2D eigenvalue weighted by Gasteiger charge is 2.39. The van der Waals surface area contributed by atoms with E-state index in [2.05, 4.69) is 56.5 Å². The molecular formula is C29H30ClN3O4S. The number of hydrogen-bond donors (Lipinski definition) is 0. The predicted octanol–water partition coefficient (Wildman–Crippen LogP) is 6.39. The molecule has 3 aromatic rings. The van der Waals surface area contributed by atoms with Gasteiger partial charge in [0.15, 0.2) is 0 Å². The molecule has 198 valence electrons. The van der Waals surface area contributed by atoms with Crippen molar-refractivity contribution >= 4 is 40.4 Å². The number of carbonyl (C=O) groups is 2. The van der Waals surface area contributed by atoms with Crippen LogP contribution in [0.3, 0.4) is 0 Å². The Morgan fingerprint density at radius 1 is 1.13 bits per heavy atom. The predicted molar refractivity (Wildman–Crippen MR) is 149 cm³/mol. The zero-order chi connectivity index (χ0) is 27.2. The standard InChI is InChI=1S/C29H30ClN3O4S/c1-29(2,3)20-7-4-18(5-8-20)27-22-13-15-38-25(22)12-14-31(27)26(34)17-32(21-9-10-21)28(35)19-6-11-23(30)24(16-19)33(36)37/h4-8,11,13,15-16,21,27H,9-10,12,14,17H2,1-3H3. The molecule has 0 bridgehead atoms. The Hall–Kier alpha value is -3.23. The summed E-state index contributed by atoms with van der Waals surface area (Å²) in [6.45, 7) is 7.02. The smallest absolute Gasteiger partial charge is 0.288 e. The zero-order valence-corrected chi connectivity index (χ0v) is 23.2. The van der Waals surface area contributed by atoms with Crippen molar-refractivity contribution in [3.63, 3.8) is 0 Å². The van der Waals surface area contributed by atoms with Crippen molar-refractivity contribution in [3.05, 3.63) is 96.2 Å². The number of benzene rings is 2. The van der Waals surface area contributed by atoms with Crippen LogP contribution in [0.4, 0.5) is 5.69 Å². The summed E-state index contributed by atoms with van der Waals surface area (Å²) in [5.74, 6) is -0.518. The highest BCUT2D eigenvalue weighted by molar-refractivity contribution is 7.10. The van der Waals surface area contributed by atoms with Gasteiger partial charge in [0.05, 0.1) is 11.0 Å². The van der Waals surface area contributed by atoms with Crippen LogP contribution >= 0.6 is 22.9 Å². The molecule has 0 saturated heterocycles. The molecule has 1 aromatic heterocycles. The Morgan fingerprint density at radius 3 is 2.47 bits per heavy atom. The minimum Gasteiger partial charge on any atom is -0.330 e. The van der Waals surface area contributed by atoms with Crippen molar-refractivity contribution in [2.24, 2.45) is 0 Å². The summed E-state index contributed by atoms with van der Waals surface area (Å²) in [4.78, 5) is 42.8. The van der Waals surface area contributed by atoms with E-state index in [9.17, 15) is 19.7 Å². The van der Waals surface area contributed by atoms with Crippen molar-refractivity contribution in [1.82, 2.24) is 9.80 Å². The van der Waals surface area contributed by atoms with Crippen molar-refractivity contribution in [1.29, 1.82) is 0 Å². The maximum atomic E-state index is 13.9. The lowest BCUT2D eigenvalue weighted by atomic mass is 9.85. The summed E-state index contributed by atoms with van der Waals surface area (Å²) in [5.41, 5.74) is 3.27. The second-order valence-electron chi connectivity index (χ2n) is 11.0. The Balaban J connectivity index is 1.43. The van der Waals surface area contributed by atoms with E-state index < -0.39 is 4.92 Å². The van der Waals surface area contributed by atoms with E-state index in [1.807, 2.05) is 4.90 Å². The fraction of sp³-hybridized carbons (Fsp3) is 0.379. The second-order valence-corrected chi connectivity index (χ2v) is 12.4. The maximum Gasteiger partial charge on any atom is 0.288 e. The van der Waals surface area contributed by atoms with Crippen LogP contribution in [0, 0.1) is 10.1 Å². The molecule has 1 saturated carbocycles. The van der Waals surface area contributed by atoms with E-state index in [-0.39, 0.29) is 52.1 Å². The van der Waals surface area contributed by atoms with Crippen LogP contribution in [0.5, 0.6) is 0 Å². The number of thiophene rings is 1. The molecule has 0 N–H and O–H groups in total. The fourth-order valence-electron chi connectivity index (χ4n) is 5.05. The van der Waals surface area contributed by atoms with Gasteiger partial charge in [-0.1, -0.05) is 56.6 Å². The molecule has 7 nitrogen and oxygen atoms in total. The highest BCUT2D eigenvalue weighted by atomic mass is 35.5. The van der Waals surface area contributed by atoms with Crippen LogP contribution < -0.4 is 0 Å². The molecule has 2 amide bonds. The Morgan fingerprint density at radius 2 is 1.84 bits per heavy atom. The summed E-state index contributed by atoms with van der Waals surface area (Å²) in [6.07, 6.45) is 2.39. The number of hydrogen-bond acceptors (Lipinski definition) is 5. The molecule has 0 radical (unpaired) electrons. The van der Waals surface area contributed by atoms with Crippen molar-refractivity contribution in [3.8, 4) is 0 Å². The summed E-state index contributed by atoms with van der Waals surface area (Å²) in [7, 11) is 0. The lowest BCUT2D eigenvalue weighted by Crippen LogP contribution is -2.47. The van der Waals surface area contributed by atoms with Gasteiger partial charge in [0.2, 0.25) is 5.91 Å². The van der Waals surface area contributed by atoms with Gasteiger partial charge in [-0.2, -0.15) is 0 Å². The lowest BCUT2D eigenvalue weighted by molar-refractivity contribution is -0.384. The first kappa shape index (κ1) is 26.4. The van der Waals surface area contributed by atoms with Crippen molar-refractivity contribution < 1.29 is 14.5 Å². The summed E-state index contributed by atoms with van der Waals surface area (Å²) < 4.78 is 0. The van der Waals surface area contributed by atoms with Crippen LogP contribution in [0.25, 0.3) is 0 Å². The number of nitro benzene ring substituents is 1. The van der Waals surface area contributed by atoms with E-state index in [1.165, 1.54) is 28.6 Å². The molecule has 2 aromatic carbocycles. The minimum absolute atomic E-state index is 0.0238. The monoisotopic (exact) mass is 551 g/mol. The number of rotatable bonds is 6. The maximum absolute atomic E-state index is 13.9. The van der Waals surface area contributed by atoms with Gasteiger partial charge in [-0.15, -0.1) is 11.3 Å². The molecule has 38 heavy (non-hydrogen) atoms. The quantitative estimate of drug-likeness (QED) is 0.262. The third-order valence-corrected chi connectivity index (χ3v) is 8.64. The van der Waals surface area contributed by atoms with E-state index in [1.54, 1.807) is 16.2 Å². The largest absolute Gasteiger partial charge is 0.330 e. The van der Waals surface area contributed by atoms with Gasteiger partial charge in [-0.3, -0.25) is 19.7 Å². The van der Waals surface area contributed by atoms with E-state index >= 15 is 0 Å². The first-order valence-electron chi connectivity index (χ1n) is 12.8. The molecule has 0 spiro atoms. The molecule has 2 aliphatic rings. The van der Waals surface area contributed by atoms with Crippen LogP contribution in [0.2, 0.25) is 5.02 Å². The summed E-state index contributed by atoms with van der Waals surface area (Å²) >= 11 is 7.66. The molecule has 2 heterocycles. The highest BCUT2D eigenvalue weighted by Crippen LogP contribution is 2.39. The van der Waals surface area contributed by atoms with Crippen molar-refractivity contribution in [2.45, 2.75) is 57.5 Å². The van der Waals surface area contributed by atoms with Gasteiger partial charge in [0, 0.05) is 29.1 Å². The van der Waals surface area contributed by atoms with E-state index in [0.29, 0.717) is 6.54 Å². The van der Waals surface area contributed by atoms with Gasteiger partial charge in [0.25, 0.3) is 11.6 Å². The van der Waals surface area contributed by atoms with Gasteiger partial charge in [0.1, 0.15) is 11.6 Å². The number of nitro groups is 1. The topological polar surface area (TPSA) is 83.8 Å². The Kier molecular flexibility index (Phi) is 7.05. The second kappa shape index (κ2) is 10.2. The summed E-state index contributed by atoms with van der Waals surface area (Å²) in [5, 5.41) is 13.4. The van der Waals surface area contributed by atoms with Crippen molar-refractivity contribution in [2.75, 3.05) is 13.1 Å². The number of halogens is 1. The minimum atomic E-state index is -0.604. The molecule has 1 atom stereocenters. The van der Waals surface area contributed by atoms with Gasteiger partial charge in [-0.05, 0) is 64.9 Å². The van der Waals surface area contributed by atoms with E-state index in [0.717, 1.165) is 30.4 Å². The third-order valence-electron chi connectivity index (χ3n) is 7.32. The first-order chi connectivity index (χ1) is 18.0.